The Morgan fingerprint density at radius 1 is 1.05 bits per heavy atom. The molecule has 1 aliphatic rings. The highest BCUT2D eigenvalue weighted by Crippen LogP contribution is 2.29. The molecule has 0 radical (unpaired) electrons. The third kappa shape index (κ3) is 8.80. The summed E-state index contributed by atoms with van der Waals surface area (Å²) in [6, 6.07) is 5.99. The van der Waals surface area contributed by atoms with Crippen molar-refractivity contribution in [2.75, 3.05) is 19.6 Å². The highest BCUT2D eigenvalue weighted by molar-refractivity contribution is 5.93. The number of carbonyl (C=O) groups is 4. The minimum Gasteiger partial charge on any atom is -0.458 e. The van der Waals surface area contributed by atoms with Gasteiger partial charge < -0.3 is 31.0 Å². The molecule has 1 aromatic carbocycles. The van der Waals surface area contributed by atoms with E-state index in [0.29, 0.717) is 51.7 Å². The standard InChI is InChI=1S/C32H49N5O5/c1-20(2)30(40)37-17-14-22(15-18-37)28(38)36-27(21(3)24-19-34-25-12-8-7-11-23(24)25)29(39)35-26(13-9-10-16-33)31(41)42-32(4,5)6/h7-8,11-12,19-22,26-27,34H,9-10,13-18,33H2,1-6H3,(H,35,39)(H,36,38)/t21-,26-,27-/m0/s1. The van der Waals surface area contributed by atoms with E-state index in [1.165, 1.54) is 0 Å². The van der Waals surface area contributed by atoms with Crippen LogP contribution in [0.1, 0.15) is 85.1 Å². The zero-order chi connectivity index (χ0) is 31.0. The zero-order valence-electron chi connectivity index (χ0n) is 26.0. The highest BCUT2D eigenvalue weighted by atomic mass is 16.6. The second kappa shape index (κ2) is 14.7. The summed E-state index contributed by atoms with van der Waals surface area (Å²) in [6.45, 7) is 12.5. The maximum atomic E-state index is 13.9. The Morgan fingerprint density at radius 2 is 1.71 bits per heavy atom. The van der Waals surface area contributed by atoms with E-state index < -0.39 is 35.5 Å². The first-order valence-electron chi connectivity index (χ1n) is 15.2. The Labute approximate surface area is 249 Å². The van der Waals surface area contributed by atoms with Gasteiger partial charge in [-0.25, -0.2) is 4.79 Å². The minimum absolute atomic E-state index is 0.0851. The lowest BCUT2D eigenvalue weighted by atomic mass is 9.90. The summed E-state index contributed by atoms with van der Waals surface area (Å²) in [7, 11) is 0. The van der Waals surface area contributed by atoms with Crippen LogP contribution in [0.2, 0.25) is 0 Å². The third-order valence-corrected chi connectivity index (χ3v) is 7.82. The van der Waals surface area contributed by atoms with Crippen LogP contribution in [0.3, 0.4) is 0 Å². The van der Waals surface area contributed by atoms with Gasteiger partial charge in [-0.05, 0) is 71.0 Å². The number of ether oxygens (including phenoxy) is 1. The Morgan fingerprint density at radius 3 is 2.33 bits per heavy atom. The molecule has 0 bridgehead atoms. The van der Waals surface area contributed by atoms with Gasteiger partial charge in [0.1, 0.15) is 17.7 Å². The lowest BCUT2D eigenvalue weighted by molar-refractivity contribution is -0.159. The van der Waals surface area contributed by atoms with Crippen LogP contribution in [-0.2, 0) is 23.9 Å². The molecule has 0 spiro atoms. The Balaban J connectivity index is 1.83. The fraction of sp³-hybridized carbons (Fsp3) is 0.625. The molecule has 5 N–H and O–H groups in total. The van der Waals surface area contributed by atoms with Crippen molar-refractivity contribution in [2.24, 2.45) is 17.6 Å². The number of para-hydroxylation sites is 1. The smallest absolute Gasteiger partial charge is 0.329 e. The number of rotatable bonds is 12. The van der Waals surface area contributed by atoms with Crippen molar-refractivity contribution in [1.82, 2.24) is 20.5 Å². The minimum atomic E-state index is -0.938. The van der Waals surface area contributed by atoms with Crippen molar-refractivity contribution < 1.29 is 23.9 Å². The van der Waals surface area contributed by atoms with Crippen LogP contribution in [0, 0.1) is 11.8 Å². The Kier molecular flexibility index (Phi) is 11.6. The molecule has 1 aromatic heterocycles. The van der Waals surface area contributed by atoms with E-state index in [1.807, 2.05) is 51.2 Å². The average Bonchev–Trinajstić information content (AvgIpc) is 3.38. The second-order valence-electron chi connectivity index (χ2n) is 12.7. The first kappa shape index (κ1) is 33.1. The van der Waals surface area contributed by atoms with Gasteiger partial charge in [-0.15, -0.1) is 0 Å². The topological polar surface area (TPSA) is 147 Å². The van der Waals surface area contributed by atoms with Gasteiger partial charge in [-0.3, -0.25) is 14.4 Å². The molecule has 10 heteroatoms. The number of hydrogen-bond donors (Lipinski definition) is 4. The number of piperidine rings is 1. The van der Waals surface area contributed by atoms with Crippen LogP contribution in [0.4, 0.5) is 0 Å². The van der Waals surface area contributed by atoms with Crippen LogP contribution < -0.4 is 16.4 Å². The molecule has 3 rings (SSSR count). The van der Waals surface area contributed by atoms with E-state index in [-0.39, 0.29) is 23.7 Å². The molecule has 2 heterocycles. The molecular weight excluding hydrogens is 534 g/mol. The van der Waals surface area contributed by atoms with Gasteiger partial charge in [0.2, 0.25) is 17.7 Å². The summed E-state index contributed by atoms with van der Waals surface area (Å²) >= 11 is 0. The number of fused-ring (bicyclic) bond motifs is 1. The predicted octanol–water partition coefficient (Wildman–Crippen LogP) is 3.61. The monoisotopic (exact) mass is 583 g/mol. The number of carbonyl (C=O) groups excluding carboxylic acids is 4. The predicted molar refractivity (Wildman–Crippen MR) is 163 cm³/mol. The van der Waals surface area contributed by atoms with Crippen molar-refractivity contribution >= 4 is 34.6 Å². The van der Waals surface area contributed by atoms with E-state index in [0.717, 1.165) is 16.5 Å². The van der Waals surface area contributed by atoms with Crippen molar-refractivity contribution in [3.63, 3.8) is 0 Å². The second-order valence-corrected chi connectivity index (χ2v) is 12.7. The van der Waals surface area contributed by atoms with Gasteiger partial charge in [-0.2, -0.15) is 0 Å². The molecule has 10 nitrogen and oxygen atoms in total. The van der Waals surface area contributed by atoms with Crippen molar-refractivity contribution in [2.45, 2.75) is 97.2 Å². The number of nitrogens with two attached hydrogens (primary N) is 1. The summed E-state index contributed by atoms with van der Waals surface area (Å²) in [5.41, 5.74) is 6.77. The molecule has 3 atom stereocenters. The number of hydrogen-bond acceptors (Lipinski definition) is 6. The molecule has 1 fully saturated rings. The number of unbranched alkanes of at least 4 members (excludes halogenated alkanes) is 1. The van der Waals surface area contributed by atoms with E-state index in [9.17, 15) is 19.2 Å². The number of H-pyrrole nitrogens is 1. The number of esters is 1. The highest BCUT2D eigenvalue weighted by Gasteiger charge is 2.36. The maximum absolute atomic E-state index is 13.9. The van der Waals surface area contributed by atoms with Crippen molar-refractivity contribution in [3.05, 3.63) is 36.0 Å². The lowest BCUT2D eigenvalue weighted by Gasteiger charge is -2.34. The van der Waals surface area contributed by atoms with E-state index in [1.54, 1.807) is 25.7 Å². The zero-order valence-corrected chi connectivity index (χ0v) is 26.0. The van der Waals surface area contributed by atoms with Crippen LogP contribution in [0.5, 0.6) is 0 Å². The van der Waals surface area contributed by atoms with E-state index in [2.05, 4.69) is 15.6 Å². The molecule has 232 valence electrons. The molecule has 42 heavy (non-hydrogen) atoms. The number of nitrogens with one attached hydrogen (secondary N) is 3. The van der Waals surface area contributed by atoms with Crippen LogP contribution in [0.15, 0.2) is 30.5 Å². The summed E-state index contributed by atoms with van der Waals surface area (Å²) in [6.07, 6.45) is 4.65. The number of aromatic amines is 1. The summed E-state index contributed by atoms with van der Waals surface area (Å²) in [4.78, 5) is 58.1. The fourth-order valence-corrected chi connectivity index (χ4v) is 5.44. The molecule has 3 amide bonds. The Hall–Kier alpha value is -3.40. The third-order valence-electron chi connectivity index (χ3n) is 7.82. The summed E-state index contributed by atoms with van der Waals surface area (Å²) < 4.78 is 5.61. The quantitative estimate of drug-likeness (QED) is 0.222. The number of amides is 3. The van der Waals surface area contributed by atoms with Gasteiger partial charge in [0.15, 0.2) is 0 Å². The number of nitrogens with zero attached hydrogens (tertiary/aromatic N) is 1. The van der Waals surface area contributed by atoms with Gasteiger partial charge in [0, 0.05) is 47.9 Å². The maximum Gasteiger partial charge on any atom is 0.329 e. The van der Waals surface area contributed by atoms with Crippen molar-refractivity contribution in [3.8, 4) is 0 Å². The number of aromatic nitrogens is 1. The van der Waals surface area contributed by atoms with Gasteiger partial charge in [0.05, 0.1) is 0 Å². The molecule has 1 saturated heterocycles. The first-order chi connectivity index (χ1) is 19.8. The van der Waals surface area contributed by atoms with E-state index in [4.69, 9.17) is 10.5 Å². The molecule has 0 aliphatic carbocycles. The summed E-state index contributed by atoms with van der Waals surface area (Å²) in [5, 5.41) is 6.89. The van der Waals surface area contributed by atoms with E-state index >= 15 is 0 Å². The first-order valence-corrected chi connectivity index (χ1v) is 15.2. The molecular formula is C32H49N5O5. The molecule has 2 aromatic rings. The van der Waals surface area contributed by atoms with Gasteiger partial charge in [0.25, 0.3) is 0 Å². The number of likely N-dealkylation sites (tertiary alicyclic amines) is 1. The lowest BCUT2D eigenvalue weighted by Crippen LogP contribution is -2.55. The van der Waals surface area contributed by atoms with Gasteiger partial charge >= 0.3 is 5.97 Å². The van der Waals surface area contributed by atoms with Crippen molar-refractivity contribution in [1.29, 1.82) is 0 Å². The average molecular weight is 584 g/mol. The molecule has 0 unspecified atom stereocenters. The fourth-order valence-electron chi connectivity index (χ4n) is 5.44. The molecule has 1 aliphatic heterocycles. The van der Waals surface area contributed by atoms with Gasteiger partial charge in [-0.1, -0.05) is 39.0 Å². The molecule has 0 saturated carbocycles. The Bertz CT molecular complexity index is 1230. The number of benzene rings is 1. The normalized spacial score (nSPS) is 16.6. The van der Waals surface area contributed by atoms with Crippen LogP contribution >= 0.6 is 0 Å². The largest absolute Gasteiger partial charge is 0.458 e. The summed E-state index contributed by atoms with van der Waals surface area (Å²) in [5.74, 6) is -1.92. The SMILES string of the molecule is CC(C)C(=O)N1CCC(C(=O)N[C@H](C(=O)N[C@@H](CCCCN)C(=O)OC(C)(C)C)[C@@H](C)c2c[nH]c3ccccc23)CC1. The van der Waals surface area contributed by atoms with Crippen LogP contribution in [0.25, 0.3) is 10.9 Å². The van der Waals surface area contributed by atoms with Crippen LogP contribution in [-0.4, -0.2) is 70.9 Å².